The average molecular weight is 190 g/mol. The Balaban J connectivity index is 0.000000791. The number of hydrogen-bond donors (Lipinski definition) is 1. The molecule has 0 radical (unpaired) electrons. The van der Waals surface area contributed by atoms with E-state index in [9.17, 15) is 0 Å². The van der Waals surface area contributed by atoms with Crippen LogP contribution in [0.4, 0.5) is 0 Å². The van der Waals surface area contributed by atoms with Crippen molar-refractivity contribution in [1.82, 2.24) is 0 Å². The highest BCUT2D eigenvalue weighted by Crippen LogP contribution is 2.18. The summed E-state index contributed by atoms with van der Waals surface area (Å²) in [7, 11) is 0. The number of hydrogen-bond acceptors (Lipinski definition) is 1. The zero-order chi connectivity index (χ0) is 11.0. The zero-order valence-electron chi connectivity index (χ0n) is 9.12. The van der Waals surface area contributed by atoms with Gasteiger partial charge in [0.2, 0.25) is 0 Å². The summed E-state index contributed by atoms with van der Waals surface area (Å²) in [6.45, 7) is 9.63. The number of phenolic OH excluding ortho intramolecular Hbond substituents is 1. The number of allylic oxidation sites excluding steroid dienone is 1. The Bertz CT molecular complexity index is 311. The first kappa shape index (κ1) is 12.5. The smallest absolute Gasteiger partial charge is 0.116 e. The van der Waals surface area contributed by atoms with E-state index in [4.69, 9.17) is 5.11 Å². The lowest BCUT2D eigenvalue weighted by molar-refractivity contribution is 0.475. The summed E-state index contributed by atoms with van der Waals surface area (Å²) in [5.41, 5.74) is 2.03. The molecule has 1 nitrogen and oxygen atoms in total. The molecule has 0 aliphatic carbocycles. The van der Waals surface area contributed by atoms with Gasteiger partial charge in [-0.15, -0.1) is 0 Å². The Morgan fingerprint density at radius 2 is 1.86 bits per heavy atom. The summed E-state index contributed by atoms with van der Waals surface area (Å²) in [5, 5.41) is 9.16. The monoisotopic (exact) mass is 190 g/mol. The van der Waals surface area contributed by atoms with Crippen molar-refractivity contribution in [1.29, 1.82) is 0 Å². The summed E-state index contributed by atoms with van der Waals surface area (Å²) < 4.78 is 0. The highest BCUT2D eigenvalue weighted by atomic mass is 16.3. The van der Waals surface area contributed by atoms with Crippen LogP contribution in [0.25, 0.3) is 12.2 Å². The van der Waals surface area contributed by atoms with Gasteiger partial charge in [0, 0.05) is 0 Å². The summed E-state index contributed by atoms with van der Waals surface area (Å²) in [5.74, 6) is 0.276. The van der Waals surface area contributed by atoms with Gasteiger partial charge in [-0.1, -0.05) is 44.7 Å². The van der Waals surface area contributed by atoms with Gasteiger partial charge in [-0.2, -0.15) is 0 Å². The van der Waals surface area contributed by atoms with Crippen molar-refractivity contribution >= 4 is 12.2 Å². The highest BCUT2D eigenvalue weighted by Gasteiger charge is 1.95. The Labute approximate surface area is 86.4 Å². The first-order valence-corrected chi connectivity index (χ1v) is 4.86. The average Bonchev–Trinajstić information content (AvgIpc) is 2.24. The van der Waals surface area contributed by atoms with E-state index in [1.165, 1.54) is 0 Å². The van der Waals surface area contributed by atoms with E-state index in [2.05, 4.69) is 6.58 Å². The molecule has 1 rings (SSSR count). The minimum atomic E-state index is 0.276. The van der Waals surface area contributed by atoms with E-state index in [1.807, 2.05) is 39.0 Å². The lowest BCUT2D eigenvalue weighted by atomic mass is 10.1. The molecule has 1 heteroatoms. The minimum Gasteiger partial charge on any atom is -0.508 e. The van der Waals surface area contributed by atoms with Crippen LogP contribution in [0.15, 0.2) is 30.9 Å². The van der Waals surface area contributed by atoms with Crippen LogP contribution in [0, 0.1) is 0 Å². The van der Waals surface area contributed by atoms with Crippen LogP contribution >= 0.6 is 0 Å². The van der Waals surface area contributed by atoms with Gasteiger partial charge in [-0.3, -0.25) is 0 Å². The SMILES string of the molecule is C=Cc1cc(O)ccc1/C=C\C.CC. The van der Waals surface area contributed by atoms with Crippen molar-refractivity contribution in [3.05, 3.63) is 42.0 Å². The number of rotatable bonds is 2. The van der Waals surface area contributed by atoms with Gasteiger partial charge >= 0.3 is 0 Å². The lowest BCUT2D eigenvalue weighted by Gasteiger charge is -2.00. The Morgan fingerprint density at radius 1 is 1.21 bits per heavy atom. The van der Waals surface area contributed by atoms with E-state index in [1.54, 1.807) is 18.2 Å². The minimum absolute atomic E-state index is 0.276. The third-order valence-electron chi connectivity index (χ3n) is 1.64. The van der Waals surface area contributed by atoms with Gasteiger partial charge in [0.05, 0.1) is 0 Å². The van der Waals surface area contributed by atoms with Gasteiger partial charge in [0.1, 0.15) is 5.75 Å². The molecule has 0 aromatic heterocycles. The number of phenols is 1. The molecule has 14 heavy (non-hydrogen) atoms. The maximum atomic E-state index is 9.16. The summed E-state index contributed by atoms with van der Waals surface area (Å²) in [6.07, 6.45) is 5.67. The molecular formula is C13H18O. The highest BCUT2D eigenvalue weighted by molar-refractivity contribution is 5.65. The summed E-state index contributed by atoms with van der Waals surface area (Å²) in [4.78, 5) is 0. The van der Waals surface area contributed by atoms with Gasteiger partial charge < -0.3 is 5.11 Å². The quantitative estimate of drug-likeness (QED) is 0.744. The molecule has 0 amide bonds. The fourth-order valence-corrected chi connectivity index (χ4v) is 1.07. The molecule has 0 heterocycles. The van der Waals surface area contributed by atoms with Crippen LogP contribution in [0.3, 0.4) is 0 Å². The molecule has 1 aromatic carbocycles. The molecule has 0 aliphatic heterocycles. The molecule has 1 aromatic rings. The largest absolute Gasteiger partial charge is 0.508 e. The first-order chi connectivity index (χ1) is 6.77. The molecule has 0 saturated heterocycles. The molecular weight excluding hydrogens is 172 g/mol. The predicted octanol–water partition coefficient (Wildman–Crippen LogP) is 4.09. The molecule has 0 atom stereocenters. The number of benzene rings is 1. The fourth-order valence-electron chi connectivity index (χ4n) is 1.07. The molecule has 76 valence electrons. The third kappa shape index (κ3) is 3.48. The summed E-state index contributed by atoms with van der Waals surface area (Å²) in [6, 6.07) is 5.23. The molecule has 0 fully saturated rings. The lowest BCUT2D eigenvalue weighted by Crippen LogP contribution is -1.78. The fraction of sp³-hybridized carbons (Fsp3) is 0.231. The second-order valence-corrected chi connectivity index (χ2v) is 2.52. The van der Waals surface area contributed by atoms with E-state index in [0.29, 0.717) is 0 Å². The third-order valence-corrected chi connectivity index (χ3v) is 1.64. The van der Waals surface area contributed by atoms with Crippen LogP contribution in [0.5, 0.6) is 5.75 Å². The maximum absolute atomic E-state index is 9.16. The summed E-state index contributed by atoms with van der Waals surface area (Å²) >= 11 is 0. The van der Waals surface area contributed by atoms with E-state index < -0.39 is 0 Å². The van der Waals surface area contributed by atoms with Gasteiger partial charge in [-0.25, -0.2) is 0 Å². The molecule has 0 bridgehead atoms. The van der Waals surface area contributed by atoms with Crippen LogP contribution < -0.4 is 0 Å². The van der Waals surface area contributed by atoms with Crippen molar-refractivity contribution in [2.24, 2.45) is 0 Å². The van der Waals surface area contributed by atoms with E-state index in [-0.39, 0.29) is 5.75 Å². The standard InChI is InChI=1S/C11H12O.C2H6/c1-3-5-10-6-7-11(12)8-9(10)4-2;1-2/h3-8,12H,2H2,1H3;1-2H3/b5-3-;. The normalized spacial score (nSPS) is 9.36. The topological polar surface area (TPSA) is 20.2 Å². The maximum Gasteiger partial charge on any atom is 0.116 e. The van der Waals surface area contributed by atoms with Crippen molar-refractivity contribution < 1.29 is 5.11 Å². The van der Waals surface area contributed by atoms with E-state index in [0.717, 1.165) is 11.1 Å². The second kappa shape index (κ2) is 6.96. The van der Waals surface area contributed by atoms with Crippen molar-refractivity contribution in [3.63, 3.8) is 0 Å². The molecule has 0 spiro atoms. The Hall–Kier alpha value is -1.50. The Morgan fingerprint density at radius 3 is 2.36 bits per heavy atom. The van der Waals surface area contributed by atoms with Crippen molar-refractivity contribution in [3.8, 4) is 5.75 Å². The van der Waals surface area contributed by atoms with Gasteiger partial charge in [-0.05, 0) is 30.2 Å². The van der Waals surface area contributed by atoms with E-state index >= 15 is 0 Å². The zero-order valence-corrected chi connectivity index (χ0v) is 9.12. The van der Waals surface area contributed by atoms with Crippen LogP contribution in [0.1, 0.15) is 31.9 Å². The van der Waals surface area contributed by atoms with Gasteiger partial charge in [0.25, 0.3) is 0 Å². The van der Waals surface area contributed by atoms with Crippen LogP contribution in [-0.2, 0) is 0 Å². The van der Waals surface area contributed by atoms with Crippen LogP contribution in [0.2, 0.25) is 0 Å². The van der Waals surface area contributed by atoms with Crippen molar-refractivity contribution in [2.45, 2.75) is 20.8 Å². The van der Waals surface area contributed by atoms with Gasteiger partial charge in [0.15, 0.2) is 0 Å². The molecule has 1 N–H and O–H groups in total. The van der Waals surface area contributed by atoms with Crippen molar-refractivity contribution in [2.75, 3.05) is 0 Å². The predicted molar refractivity (Wildman–Crippen MR) is 64.3 cm³/mol. The molecule has 0 aliphatic rings. The van der Waals surface area contributed by atoms with Crippen LogP contribution in [-0.4, -0.2) is 5.11 Å². The second-order valence-electron chi connectivity index (χ2n) is 2.52. The Kier molecular flexibility index (Phi) is 6.21. The molecule has 0 saturated carbocycles. The first-order valence-electron chi connectivity index (χ1n) is 4.86. The number of aromatic hydroxyl groups is 1. The molecule has 0 unspecified atom stereocenters.